The first kappa shape index (κ1) is 11.4. The van der Waals surface area contributed by atoms with Crippen LogP contribution in [0.25, 0.3) is 0 Å². The van der Waals surface area contributed by atoms with E-state index in [1.807, 2.05) is 0 Å². The summed E-state index contributed by atoms with van der Waals surface area (Å²) in [6.45, 7) is 1.13. The molecule has 8 heteroatoms. The molecular weight excluding hydrogens is 210 g/mol. The highest BCUT2D eigenvalue weighted by atomic mass is 32.2. The van der Waals surface area contributed by atoms with E-state index in [0.717, 1.165) is 4.31 Å². The number of hydrogen-bond acceptors (Lipinski definition) is 4. The third kappa shape index (κ3) is 3.22. The number of aliphatic carboxylic acids is 1. The van der Waals surface area contributed by atoms with Gasteiger partial charge in [-0.2, -0.15) is 12.7 Å². The quantitative estimate of drug-likeness (QED) is 0.489. The first-order chi connectivity index (χ1) is 6.39. The van der Waals surface area contributed by atoms with E-state index in [9.17, 15) is 13.2 Å². The van der Waals surface area contributed by atoms with E-state index < -0.39 is 16.2 Å². The molecule has 0 aliphatic carbocycles. The van der Waals surface area contributed by atoms with Gasteiger partial charge in [0.1, 0.15) is 0 Å². The molecule has 1 aliphatic rings. The Morgan fingerprint density at radius 3 is 2.57 bits per heavy atom. The Morgan fingerprint density at radius 2 is 2.14 bits per heavy atom. The molecule has 0 saturated carbocycles. The lowest BCUT2D eigenvalue weighted by molar-refractivity contribution is -0.136. The van der Waals surface area contributed by atoms with Crippen LogP contribution in [0.1, 0.15) is 0 Å². The molecule has 0 amide bonds. The number of carboxylic acid groups (broad SMARTS) is 1. The maximum atomic E-state index is 10.7. The van der Waals surface area contributed by atoms with Gasteiger partial charge in [-0.25, -0.2) is 5.14 Å². The summed E-state index contributed by atoms with van der Waals surface area (Å²) in [5.74, 6) is -0.764. The molecule has 0 aromatic carbocycles. The smallest absolute Gasteiger partial charge is 0.317 e. The molecule has 0 unspecified atom stereocenters. The fourth-order valence-corrected chi connectivity index (χ4v) is 2.08. The molecule has 1 rings (SSSR count). The zero-order chi connectivity index (χ0) is 10.8. The highest BCUT2D eigenvalue weighted by Gasteiger charge is 2.33. The minimum Gasteiger partial charge on any atom is -0.480 e. The molecule has 0 aromatic heterocycles. The van der Waals surface area contributed by atoms with Gasteiger partial charge in [0, 0.05) is 19.6 Å². The Bertz CT molecular complexity index is 309. The van der Waals surface area contributed by atoms with Crippen molar-refractivity contribution in [2.75, 3.05) is 26.2 Å². The van der Waals surface area contributed by atoms with Crippen LogP contribution in [0.3, 0.4) is 0 Å². The van der Waals surface area contributed by atoms with Gasteiger partial charge in [0.2, 0.25) is 0 Å². The average molecular weight is 223 g/mol. The van der Waals surface area contributed by atoms with Gasteiger partial charge in [-0.05, 0) is 5.92 Å². The van der Waals surface area contributed by atoms with Crippen LogP contribution in [0.15, 0.2) is 0 Å². The van der Waals surface area contributed by atoms with Crippen LogP contribution >= 0.6 is 0 Å². The van der Waals surface area contributed by atoms with Crippen molar-refractivity contribution in [2.24, 2.45) is 11.1 Å². The molecule has 14 heavy (non-hydrogen) atoms. The van der Waals surface area contributed by atoms with Crippen LogP contribution in [-0.4, -0.2) is 50.0 Å². The summed E-state index contributed by atoms with van der Waals surface area (Å²) in [7, 11) is -3.55. The van der Waals surface area contributed by atoms with Crippen molar-refractivity contribution in [3.63, 3.8) is 0 Å². The third-order valence-corrected chi connectivity index (χ3v) is 3.01. The Morgan fingerprint density at radius 1 is 1.57 bits per heavy atom. The molecule has 1 saturated heterocycles. The number of carboxylic acids is 1. The zero-order valence-corrected chi connectivity index (χ0v) is 8.33. The summed E-state index contributed by atoms with van der Waals surface area (Å²) in [5.41, 5.74) is 0. The van der Waals surface area contributed by atoms with Crippen LogP contribution in [0.4, 0.5) is 0 Å². The predicted octanol–water partition coefficient (Wildman–Crippen LogP) is -2.20. The van der Waals surface area contributed by atoms with E-state index >= 15 is 0 Å². The normalized spacial score (nSPS) is 19.2. The van der Waals surface area contributed by atoms with Crippen LogP contribution in [-0.2, 0) is 15.0 Å². The first-order valence-electron chi connectivity index (χ1n) is 4.10. The van der Waals surface area contributed by atoms with E-state index in [-0.39, 0.29) is 12.5 Å². The van der Waals surface area contributed by atoms with Gasteiger partial charge < -0.3 is 10.4 Å². The van der Waals surface area contributed by atoms with Crippen molar-refractivity contribution < 1.29 is 18.3 Å². The third-order valence-electron chi connectivity index (χ3n) is 1.99. The highest BCUT2D eigenvalue weighted by molar-refractivity contribution is 7.86. The molecule has 4 N–H and O–H groups in total. The minimum atomic E-state index is -3.55. The summed E-state index contributed by atoms with van der Waals surface area (Å²) in [5, 5.41) is 15.9. The van der Waals surface area contributed by atoms with Crippen molar-refractivity contribution in [3.05, 3.63) is 0 Å². The van der Waals surface area contributed by atoms with Crippen molar-refractivity contribution >= 4 is 16.2 Å². The van der Waals surface area contributed by atoms with Crippen molar-refractivity contribution in [1.29, 1.82) is 0 Å². The summed E-state index contributed by atoms with van der Waals surface area (Å²) in [6.07, 6.45) is 0. The van der Waals surface area contributed by atoms with Gasteiger partial charge in [0.15, 0.2) is 0 Å². The maximum Gasteiger partial charge on any atom is 0.317 e. The topological polar surface area (TPSA) is 113 Å². The number of nitrogens with zero attached hydrogens (tertiary/aromatic N) is 1. The first-order valence-corrected chi connectivity index (χ1v) is 5.60. The van der Waals surface area contributed by atoms with Crippen molar-refractivity contribution in [2.45, 2.75) is 0 Å². The van der Waals surface area contributed by atoms with E-state index in [1.165, 1.54) is 0 Å². The molecule has 1 fully saturated rings. The molecule has 0 aromatic rings. The summed E-state index contributed by atoms with van der Waals surface area (Å²) in [6, 6.07) is 0. The molecule has 0 atom stereocenters. The molecular formula is C6H13N3O4S. The monoisotopic (exact) mass is 223 g/mol. The minimum absolute atomic E-state index is 0.105. The number of hydrogen-bond donors (Lipinski definition) is 3. The fraction of sp³-hybridized carbons (Fsp3) is 0.833. The largest absolute Gasteiger partial charge is 0.480 e. The van der Waals surface area contributed by atoms with Gasteiger partial charge in [-0.1, -0.05) is 0 Å². The molecule has 1 heterocycles. The average Bonchev–Trinajstić information content (AvgIpc) is 1.90. The van der Waals surface area contributed by atoms with Crippen molar-refractivity contribution in [1.82, 2.24) is 9.62 Å². The SMILES string of the molecule is NS(=O)(=O)N1CC(CNCC(=O)O)C1. The highest BCUT2D eigenvalue weighted by Crippen LogP contribution is 2.16. The second kappa shape index (κ2) is 4.22. The van der Waals surface area contributed by atoms with Gasteiger partial charge in [0.25, 0.3) is 10.2 Å². The van der Waals surface area contributed by atoms with Crippen LogP contribution in [0.5, 0.6) is 0 Å². The Balaban J connectivity index is 2.14. The zero-order valence-electron chi connectivity index (χ0n) is 7.51. The summed E-state index contributed by atoms with van der Waals surface area (Å²) < 4.78 is 22.6. The summed E-state index contributed by atoms with van der Waals surface area (Å²) in [4.78, 5) is 10.1. The van der Waals surface area contributed by atoms with Crippen LogP contribution in [0, 0.1) is 5.92 Å². The van der Waals surface area contributed by atoms with E-state index in [2.05, 4.69) is 5.32 Å². The second-order valence-corrected chi connectivity index (χ2v) is 4.80. The Labute approximate surface area is 82.1 Å². The predicted molar refractivity (Wildman–Crippen MR) is 48.7 cm³/mol. The molecule has 0 radical (unpaired) electrons. The van der Waals surface area contributed by atoms with E-state index in [4.69, 9.17) is 10.2 Å². The van der Waals surface area contributed by atoms with E-state index in [0.29, 0.717) is 19.6 Å². The van der Waals surface area contributed by atoms with Crippen LogP contribution in [0.2, 0.25) is 0 Å². The lowest BCUT2D eigenvalue weighted by Crippen LogP contribution is -2.55. The molecule has 0 spiro atoms. The standard InChI is InChI=1S/C6H13N3O4S/c7-14(12,13)9-3-5(4-9)1-8-2-6(10)11/h5,8H,1-4H2,(H,10,11)(H2,7,12,13). The number of rotatable bonds is 5. The number of nitrogens with one attached hydrogen (secondary N) is 1. The summed E-state index contributed by atoms with van der Waals surface area (Å²) >= 11 is 0. The Hall–Kier alpha value is -0.700. The molecule has 0 bridgehead atoms. The maximum absolute atomic E-state index is 10.7. The fourth-order valence-electron chi connectivity index (χ4n) is 1.24. The van der Waals surface area contributed by atoms with Crippen molar-refractivity contribution in [3.8, 4) is 0 Å². The lowest BCUT2D eigenvalue weighted by Gasteiger charge is -2.36. The van der Waals surface area contributed by atoms with Gasteiger partial charge in [-0.15, -0.1) is 0 Å². The molecule has 7 nitrogen and oxygen atoms in total. The molecule has 82 valence electrons. The van der Waals surface area contributed by atoms with Gasteiger partial charge in [0.05, 0.1) is 6.54 Å². The lowest BCUT2D eigenvalue weighted by atomic mass is 10.0. The van der Waals surface area contributed by atoms with Gasteiger partial charge >= 0.3 is 5.97 Å². The van der Waals surface area contributed by atoms with Gasteiger partial charge in [-0.3, -0.25) is 4.79 Å². The van der Waals surface area contributed by atoms with E-state index in [1.54, 1.807) is 0 Å². The Kier molecular flexibility index (Phi) is 3.43. The number of nitrogens with two attached hydrogens (primary N) is 1. The van der Waals surface area contributed by atoms with Crippen LogP contribution < -0.4 is 10.5 Å². The number of carbonyl (C=O) groups is 1. The molecule has 1 aliphatic heterocycles. The second-order valence-electron chi connectivity index (χ2n) is 3.25.